The predicted octanol–water partition coefficient (Wildman–Crippen LogP) is 2.59. The van der Waals surface area contributed by atoms with Gasteiger partial charge in [-0.1, -0.05) is 18.5 Å². The third kappa shape index (κ3) is 3.12. The molecule has 0 bridgehead atoms. The summed E-state index contributed by atoms with van der Waals surface area (Å²) in [6.07, 6.45) is 1.46. The van der Waals surface area contributed by atoms with Crippen LogP contribution in [-0.2, 0) is 16.6 Å². The molecule has 0 aromatic carbocycles. The van der Waals surface area contributed by atoms with E-state index in [-0.39, 0.29) is 17.3 Å². The lowest BCUT2D eigenvalue weighted by Crippen LogP contribution is -2.30. The van der Waals surface area contributed by atoms with E-state index in [1.165, 1.54) is 27.9 Å². The molecule has 0 saturated heterocycles. The van der Waals surface area contributed by atoms with Crippen molar-refractivity contribution in [1.82, 2.24) is 9.29 Å². The topological polar surface area (TPSA) is 76.3 Å². The highest BCUT2D eigenvalue weighted by Crippen LogP contribution is 2.26. The summed E-state index contributed by atoms with van der Waals surface area (Å²) in [5.74, 6) is 0.00941. The number of nitrogens with two attached hydrogens (primary N) is 1. The van der Waals surface area contributed by atoms with Crippen molar-refractivity contribution in [2.45, 2.75) is 18.4 Å². The number of sulfonamides is 1. The third-order valence-electron chi connectivity index (χ3n) is 2.73. The molecular weight excluding hydrogens is 318 g/mol. The van der Waals surface area contributed by atoms with Gasteiger partial charge in [0.25, 0.3) is 0 Å². The molecule has 0 unspecified atom stereocenters. The monoisotopic (exact) mass is 331 g/mol. The third-order valence-corrected chi connectivity index (χ3v) is 5.92. The van der Waals surface area contributed by atoms with Crippen LogP contribution >= 0.6 is 22.9 Å². The standard InChI is InChI=1S/C12H14ClN3O2S2/c1-2-16(8-9-5-6-11(13)19-9)20(17,18)10-4-3-7-15-12(10)14/h3-7H,2,8H2,1H3,(H2,14,15). The zero-order chi connectivity index (χ0) is 14.8. The Hall–Kier alpha value is -1.15. The first-order valence-corrected chi connectivity index (χ1v) is 8.53. The van der Waals surface area contributed by atoms with E-state index >= 15 is 0 Å². The van der Waals surface area contributed by atoms with Crippen molar-refractivity contribution in [3.63, 3.8) is 0 Å². The molecule has 2 rings (SSSR count). The molecule has 2 aromatic heterocycles. The Labute approximate surface area is 127 Å². The van der Waals surface area contributed by atoms with Gasteiger partial charge in [0.1, 0.15) is 10.7 Å². The second-order valence-electron chi connectivity index (χ2n) is 4.02. The van der Waals surface area contributed by atoms with Crippen LogP contribution in [0.4, 0.5) is 5.82 Å². The Morgan fingerprint density at radius 3 is 2.70 bits per heavy atom. The van der Waals surface area contributed by atoms with Crippen LogP contribution in [0, 0.1) is 0 Å². The summed E-state index contributed by atoms with van der Waals surface area (Å²) in [5.41, 5.74) is 5.66. The van der Waals surface area contributed by atoms with Gasteiger partial charge in [-0.3, -0.25) is 0 Å². The minimum Gasteiger partial charge on any atom is -0.383 e. The molecule has 0 atom stereocenters. The molecule has 2 N–H and O–H groups in total. The number of rotatable bonds is 5. The van der Waals surface area contributed by atoms with Gasteiger partial charge in [-0.25, -0.2) is 13.4 Å². The summed E-state index contributed by atoms with van der Waals surface area (Å²) in [4.78, 5) is 4.74. The van der Waals surface area contributed by atoms with E-state index in [0.29, 0.717) is 10.9 Å². The number of pyridine rings is 1. The molecule has 5 nitrogen and oxygen atoms in total. The van der Waals surface area contributed by atoms with Crippen LogP contribution in [0.15, 0.2) is 35.4 Å². The zero-order valence-electron chi connectivity index (χ0n) is 10.8. The molecule has 0 amide bonds. The zero-order valence-corrected chi connectivity index (χ0v) is 13.2. The maximum absolute atomic E-state index is 12.6. The van der Waals surface area contributed by atoms with Gasteiger partial charge in [-0.15, -0.1) is 11.3 Å². The lowest BCUT2D eigenvalue weighted by molar-refractivity contribution is 0.426. The molecule has 0 aliphatic heterocycles. The Morgan fingerprint density at radius 1 is 1.40 bits per heavy atom. The van der Waals surface area contributed by atoms with Crippen molar-refractivity contribution in [1.29, 1.82) is 0 Å². The first kappa shape index (κ1) is 15.2. The van der Waals surface area contributed by atoms with Crippen molar-refractivity contribution in [2.24, 2.45) is 0 Å². The summed E-state index contributed by atoms with van der Waals surface area (Å²) in [6.45, 7) is 2.38. The van der Waals surface area contributed by atoms with E-state index in [1.54, 1.807) is 19.1 Å². The normalized spacial score (nSPS) is 11.9. The van der Waals surface area contributed by atoms with Gasteiger partial charge in [0.05, 0.1) is 4.34 Å². The summed E-state index contributed by atoms with van der Waals surface area (Å²) in [7, 11) is -3.66. The van der Waals surface area contributed by atoms with Crippen LogP contribution in [0.1, 0.15) is 11.8 Å². The highest BCUT2D eigenvalue weighted by atomic mass is 35.5. The average Bonchev–Trinajstić information content (AvgIpc) is 2.81. The van der Waals surface area contributed by atoms with Crippen molar-refractivity contribution in [2.75, 3.05) is 12.3 Å². The second kappa shape index (κ2) is 6.09. The van der Waals surface area contributed by atoms with Gasteiger partial charge in [0.15, 0.2) is 0 Å². The molecule has 8 heteroatoms. The van der Waals surface area contributed by atoms with Gasteiger partial charge >= 0.3 is 0 Å². The van der Waals surface area contributed by atoms with E-state index in [0.717, 1.165) is 4.88 Å². The van der Waals surface area contributed by atoms with Crippen LogP contribution in [0.3, 0.4) is 0 Å². The minimum atomic E-state index is -3.66. The highest BCUT2D eigenvalue weighted by molar-refractivity contribution is 7.89. The van der Waals surface area contributed by atoms with Crippen LogP contribution in [0.25, 0.3) is 0 Å². The Bertz CT molecular complexity index is 700. The number of nitrogen functional groups attached to an aromatic ring is 1. The SMILES string of the molecule is CCN(Cc1ccc(Cl)s1)S(=O)(=O)c1cccnc1N. The number of thiophene rings is 1. The van der Waals surface area contributed by atoms with Crippen molar-refractivity contribution in [3.05, 3.63) is 39.7 Å². The molecule has 0 aliphatic carbocycles. The molecule has 20 heavy (non-hydrogen) atoms. The first-order valence-electron chi connectivity index (χ1n) is 5.90. The fourth-order valence-electron chi connectivity index (χ4n) is 1.74. The van der Waals surface area contributed by atoms with E-state index < -0.39 is 10.0 Å². The average molecular weight is 332 g/mol. The summed E-state index contributed by atoms with van der Waals surface area (Å²) in [5, 5.41) is 0. The Kier molecular flexibility index (Phi) is 4.64. The molecule has 2 heterocycles. The summed E-state index contributed by atoms with van der Waals surface area (Å²) >= 11 is 7.22. The summed E-state index contributed by atoms with van der Waals surface area (Å²) in [6, 6.07) is 6.58. The van der Waals surface area contributed by atoms with Gasteiger partial charge in [-0.2, -0.15) is 4.31 Å². The van der Waals surface area contributed by atoms with Crippen LogP contribution < -0.4 is 5.73 Å². The molecule has 108 valence electrons. The highest BCUT2D eigenvalue weighted by Gasteiger charge is 2.26. The van der Waals surface area contributed by atoms with Crippen molar-refractivity contribution in [3.8, 4) is 0 Å². The van der Waals surface area contributed by atoms with E-state index in [4.69, 9.17) is 17.3 Å². The predicted molar refractivity (Wildman–Crippen MR) is 81.2 cm³/mol. The molecular formula is C12H14ClN3O2S2. The van der Waals surface area contributed by atoms with Crippen molar-refractivity contribution >= 4 is 38.8 Å². The van der Waals surface area contributed by atoms with Gasteiger partial charge in [0, 0.05) is 24.2 Å². The molecule has 0 aliphatic rings. The second-order valence-corrected chi connectivity index (χ2v) is 7.73. The maximum atomic E-state index is 12.6. The smallest absolute Gasteiger partial charge is 0.247 e. The molecule has 2 aromatic rings. The van der Waals surface area contributed by atoms with Crippen LogP contribution in [0.5, 0.6) is 0 Å². The van der Waals surface area contributed by atoms with Gasteiger partial charge in [0.2, 0.25) is 10.0 Å². The molecule has 0 fully saturated rings. The van der Waals surface area contributed by atoms with Gasteiger partial charge < -0.3 is 5.73 Å². The fourth-order valence-corrected chi connectivity index (χ4v) is 4.42. The lowest BCUT2D eigenvalue weighted by Gasteiger charge is -2.20. The quantitative estimate of drug-likeness (QED) is 0.913. The van der Waals surface area contributed by atoms with Crippen LogP contribution in [0.2, 0.25) is 4.34 Å². The first-order chi connectivity index (χ1) is 9.45. The van der Waals surface area contributed by atoms with E-state index in [9.17, 15) is 8.42 Å². The summed E-state index contributed by atoms with van der Waals surface area (Å²) < 4.78 is 27.1. The van der Waals surface area contributed by atoms with Crippen LogP contribution in [-0.4, -0.2) is 24.3 Å². The largest absolute Gasteiger partial charge is 0.383 e. The lowest BCUT2D eigenvalue weighted by atomic mass is 10.4. The number of anilines is 1. The molecule has 0 saturated carbocycles. The van der Waals surface area contributed by atoms with Crippen molar-refractivity contribution < 1.29 is 8.42 Å². The Morgan fingerprint density at radius 2 is 2.15 bits per heavy atom. The van der Waals surface area contributed by atoms with Gasteiger partial charge in [-0.05, 0) is 24.3 Å². The number of hydrogen-bond donors (Lipinski definition) is 1. The Balaban J connectivity index is 2.33. The number of halogens is 1. The fraction of sp³-hybridized carbons (Fsp3) is 0.250. The van der Waals surface area contributed by atoms with E-state index in [1.807, 2.05) is 6.07 Å². The number of nitrogens with zero attached hydrogens (tertiary/aromatic N) is 2. The molecule has 0 radical (unpaired) electrons. The number of aromatic nitrogens is 1. The maximum Gasteiger partial charge on any atom is 0.247 e. The van der Waals surface area contributed by atoms with E-state index in [2.05, 4.69) is 4.98 Å². The number of hydrogen-bond acceptors (Lipinski definition) is 5. The molecule has 0 spiro atoms. The minimum absolute atomic E-state index is 0.00941.